The average Bonchev–Trinajstić information content (AvgIpc) is 3.58. The van der Waals surface area contributed by atoms with Crippen LogP contribution in [0.2, 0.25) is 5.02 Å². The summed E-state index contributed by atoms with van der Waals surface area (Å²) in [6.07, 6.45) is 8.98. The lowest BCUT2D eigenvalue weighted by atomic mass is 10.1. The summed E-state index contributed by atoms with van der Waals surface area (Å²) in [6, 6.07) is 11.9. The number of hydroxylamine groups is 1. The Morgan fingerprint density at radius 3 is 2.54 bits per heavy atom. The molecule has 202 valence electrons. The van der Waals surface area contributed by atoms with Gasteiger partial charge in [-0.3, -0.25) is 0 Å². The minimum atomic E-state index is -0.504. The van der Waals surface area contributed by atoms with Crippen LogP contribution in [0, 0.1) is 18.3 Å². The van der Waals surface area contributed by atoms with Gasteiger partial charge in [-0.15, -0.1) is 17.0 Å². The van der Waals surface area contributed by atoms with Gasteiger partial charge in [0.05, 0.1) is 28.6 Å². The smallest absolute Gasteiger partial charge is 0.155 e. The van der Waals surface area contributed by atoms with Crippen LogP contribution in [0.1, 0.15) is 61.8 Å². The Morgan fingerprint density at radius 2 is 1.97 bits per heavy atom. The number of thiol groups is 1. The molecule has 0 bridgehead atoms. The number of nitriles is 1. The molecule has 2 N–H and O–H groups in total. The van der Waals surface area contributed by atoms with Crippen LogP contribution in [0.25, 0.3) is 6.08 Å². The number of nitrogens with zero attached hydrogens (tertiary/aromatic N) is 2. The monoisotopic (exact) mass is 566 g/mol. The second kappa shape index (κ2) is 14.9. The molecule has 0 radical (unpaired) electrons. The molecule has 1 atom stereocenters. The number of rotatable bonds is 12. The van der Waals surface area contributed by atoms with Crippen molar-refractivity contribution >= 4 is 42.1 Å². The second-order valence-corrected chi connectivity index (χ2v) is 10.8. The highest BCUT2D eigenvalue weighted by atomic mass is 35.5. The Hall–Kier alpha value is -1.92. The SMILES string of the molecule is C/C=C\c1cc(OCCC2(N[N+](C)(O)S)CC2)ccc1C.CCCc1cc(Cl)c(OCCCl)c(C#N)c1. The summed E-state index contributed by atoms with van der Waals surface area (Å²) >= 11 is 15.7. The molecular formula is C28H38Cl2N3O3S+. The van der Waals surface area contributed by atoms with Gasteiger partial charge in [-0.05, 0) is 74.1 Å². The van der Waals surface area contributed by atoms with Gasteiger partial charge in [0.15, 0.2) is 5.75 Å². The lowest BCUT2D eigenvalue weighted by Crippen LogP contribution is -2.51. The molecule has 0 aromatic heterocycles. The summed E-state index contributed by atoms with van der Waals surface area (Å²) in [5.41, 5.74) is 7.02. The molecular weight excluding hydrogens is 529 g/mol. The topological polar surface area (TPSA) is 74.5 Å². The van der Waals surface area contributed by atoms with Crippen molar-refractivity contribution in [3.8, 4) is 17.6 Å². The molecule has 0 spiro atoms. The molecule has 1 unspecified atom stereocenters. The van der Waals surface area contributed by atoms with E-state index in [0.717, 1.165) is 43.4 Å². The molecule has 0 heterocycles. The molecule has 1 saturated carbocycles. The number of hydrogen-bond donors (Lipinski definition) is 3. The van der Waals surface area contributed by atoms with Crippen molar-refractivity contribution in [3.05, 3.63) is 63.7 Å². The Labute approximate surface area is 236 Å². The summed E-state index contributed by atoms with van der Waals surface area (Å²) in [6.45, 7) is 7.16. The minimum Gasteiger partial charge on any atom is -0.494 e. The van der Waals surface area contributed by atoms with Crippen LogP contribution in [0.5, 0.6) is 11.5 Å². The van der Waals surface area contributed by atoms with E-state index < -0.39 is 4.16 Å². The van der Waals surface area contributed by atoms with E-state index in [1.165, 1.54) is 11.1 Å². The van der Waals surface area contributed by atoms with Gasteiger partial charge in [0.1, 0.15) is 38.3 Å². The lowest BCUT2D eigenvalue weighted by molar-refractivity contribution is -1.01. The fourth-order valence-electron chi connectivity index (χ4n) is 3.90. The second-order valence-electron chi connectivity index (χ2n) is 9.28. The molecule has 1 aliphatic rings. The summed E-state index contributed by atoms with van der Waals surface area (Å²) in [4.78, 5) is 0. The Balaban J connectivity index is 0.000000271. The molecule has 1 fully saturated rings. The fraction of sp³-hybridized carbons (Fsp3) is 0.464. The highest BCUT2D eigenvalue weighted by Gasteiger charge is 2.48. The van der Waals surface area contributed by atoms with Crippen LogP contribution < -0.4 is 14.9 Å². The van der Waals surface area contributed by atoms with Gasteiger partial charge in [0.2, 0.25) is 0 Å². The number of aryl methyl sites for hydroxylation is 2. The maximum atomic E-state index is 9.68. The number of benzene rings is 2. The number of allylic oxidation sites excluding steroid dienone is 1. The fourth-order valence-corrected chi connectivity index (χ4v) is 4.49. The lowest BCUT2D eigenvalue weighted by Gasteiger charge is -2.24. The van der Waals surface area contributed by atoms with Gasteiger partial charge in [0, 0.05) is 6.42 Å². The van der Waals surface area contributed by atoms with Gasteiger partial charge in [0.25, 0.3) is 0 Å². The molecule has 6 nitrogen and oxygen atoms in total. The number of halogens is 2. The molecule has 0 saturated heterocycles. The normalized spacial score (nSPS) is 15.3. The maximum absolute atomic E-state index is 9.68. The van der Waals surface area contributed by atoms with Crippen LogP contribution in [-0.2, 0) is 6.42 Å². The standard InChI is InChI=1S/C16H25N2O2S.C12H13Cl2NO/c1-4-5-14-12-15(7-6-13(14)2)20-11-10-16(8-9-16)17-18(3,19)21;1-2-3-9-6-10(8-15)12(11(14)7-9)16-5-4-13/h4-7,12,17,19,21H,8-11H2,1-3H3;6-7H,2-5H2,1H3/q+1;/b5-4-;. The van der Waals surface area contributed by atoms with Crippen molar-refractivity contribution in [2.24, 2.45) is 0 Å². The van der Waals surface area contributed by atoms with E-state index >= 15 is 0 Å². The van der Waals surface area contributed by atoms with Crippen LogP contribution in [0.4, 0.5) is 0 Å². The number of hydrogen-bond acceptors (Lipinski definition) is 6. The van der Waals surface area contributed by atoms with E-state index in [2.05, 4.69) is 56.4 Å². The number of nitrogens with one attached hydrogen (secondary N) is 1. The molecule has 37 heavy (non-hydrogen) atoms. The maximum Gasteiger partial charge on any atom is 0.155 e. The van der Waals surface area contributed by atoms with E-state index in [1.807, 2.05) is 31.2 Å². The van der Waals surface area contributed by atoms with Crippen LogP contribution >= 0.6 is 36.0 Å². The Bertz CT molecular complexity index is 1090. The summed E-state index contributed by atoms with van der Waals surface area (Å²) in [7, 11) is 1.59. The third kappa shape index (κ3) is 10.8. The van der Waals surface area contributed by atoms with E-state index in [-0.39, 0.29) is 5.54 Å². The van der Waals surface area contributed by atoms with E-state index in [1.54, 1.807) is 7.05 Å². The molecule has 0 amide bonds. The van der Waals surface area contributed by atoms with Crippen molar-refractivity contribution < 1.29 is 18.8 Å². The third-order valence-corrected chi connectivity index (χ3v) is 6.37. The van der Waals surface area contributed by atoms with Gasteiger partial charge in [-0.2, -0.15) is 10.5 Å². The zero-order valence-corrected chi connectivity index (χ0v) is 24.5. The van der Waals surface area contributed by atoms with Crippen molar-refractivity contribution in [2.45, 2.75) is 58.4 Å². The van der Waals surface area contributed by atoms with Crippen molar-refractivity contribution in [1.82, 2.24) is 5.43 Å². The zero-order chi connectivity index (χ0) is 27.5. The van der Waals surface area contributed by atoms with Gasteiger partial charge < -0.3 is 9.47 Å². The zero-order valence-electron chi connectivity index (χ0n) is 22.1. The summed E-state index contributed by atoms with van der Waals surface area (Å²) in [5.74, 6) is 1.69. The van der Waals surface area contributed by atoms with Crippen molar-refractivity contribution in [1.29, 1.82) is 5.26 Å². The van der Waals surface area contributed by atoms with E-state index in [4.69, 9.17) is 37.9 Å². The quantitative estimate of drug-likeness (QED) is 0.109. The molecule has 9 heteroatoms. The molecule has 0 aliphatic heterocycles. The highest BCUT2D eigenvalue weighted by Crippen LogP contribution is 2.40. The predicted molar refractivity (Wildman–Crippen MR) is 154 cm³/mol. The highest BCUT2D eigenvalue weighted by molar-refractivity contribution is 7.74. The largest absolute Gasteiger partial charge is 0.494 e. The minimum absolute atomic E-state index is 0.0396. The number of alkyl halides is 1. The van der Waals surface area contributed by atoms with Gasteiger partial charge in [-0.25, -0.2) is 0 Å². The van der Waals surface area contributed by atoms with Crippen LogP contribution in [-0.4, -0.2) is 41.0 Å². The van der Waals surface area contributed by atoms with Crippen LogP contribution in [0.3, 0.4) is 0 Å². The van der Waals surface area contributed by atoms with Gasteiger partial charge in [-0.1, -0.05) is 47.3 Å². The van der Waals surface area contributed by atoms with Crippen molar-refractivity contribution in [2.75, 3.05) is 26.1 Å². The first-order valence-electron chi connectivity index (χ1n) is 12.4. The third-order valence-electron chi connectivity index (χ3n) is 5.83. The van der Waals surface area contributed by atoms with Crippen molar-refractivity contribution in [3.63, 3.8) is 0 Å². The molecule has 1 aliphatic carbocycles. The number of quaternary nitrogens is 1. The first-order valence-corrected chi connectivity index (χ1v) is 13.8. The molecule has 3 rings (SSSR count). The van der Waals surface area contributed by atoms with E-state index in [9.17, 15) is 5.21 Å². The average molecular weight is 568 g/mol. The summed E-state index contributed by atoms with van der Waals surface area (Å²) < 4.78 is 10.7. The Kier molecular flexibility index (Phi) is 12.6. The van der Waals surface area contributed by atoms with E-state index in [0.29, 0.717) is 35.4 Å². The van der Waals surface area contributed by atoms with Crippen LogP contribution in [0.15, 0.2) is 36.4 Å². The van der Waals surface area contributed by atoms with Gasteiger partial charge >= 0.3 is 0 Å². The summed E-state index contributed by atoms with van der Waals surface area (Å²) in [5, 5.41) is 19.2. The predicted octanol–water partition coefficient (Wildman–Crippen LogP) is 7.30. The Morgan fingerprint density at radius 1 is 1.24 bits per heavy atom. The molecule has 2 aromatic rings. The first kappa shape index (κ1) is 31.3. The number of ether oxygens (including phenoxy) is 2. The first-order chi connectivity index (χ1) is 17.6. The molecule has 2 aromatic carbocycles.